The minimum absolute atomic E-state index is 0.729. The van der Waals surface area contributed by atoms with Crippen LogP contribution in [0.25, 0.3) is 0 Å². The minimum Gasteiger partial charge on any atom is -0.467 e. The quantitative estimate of drug-likeness (QED) is 0.459. The van der Waals surface area contributed by atoms with E-state index in [1.54, 1.807) is 14.2 Å². The molecule has 0 aliphatic rings. The monoisotopic (exact) mass is 214 g/mol. The second-order valence-electron chi connectivity index (χ2n) is 3.29. The van der Waals surface area contributed by atoms with Crippen LogP contribution in [-0.4, -0.2) is 27.4 Å². The highest BCUT2D eigenvalue weighted by molar-refractivity contribution is 4.97. The van der Waals surface area contributed by atoms with Crippen molar-refractivity contribution in [3.63, 3.8) is 0 Å². The summed E-state index contributed by atoms with van der Waals surface area (Å²) in [5, 5.41) is 0. The second-order valence-corrected chi connectivity index (χ2v) is 3.29. The van der Waals surface area contributed by atoms with Crippen LogP contribution < -0.4 is 0 Å². The van der Waals surface area contributed by atoms with Gasteiger partial charge >= 0.3 is 0 Å². The number of hydrogen-bond acceptors (Lipinski definition) is 3. The van der Waals surface area contributed by atoms with Crippen LogP contribution in [0.1, 0.15) is 26.7 Å². The van der Waals surface area contributed by atoms with Gasteiger partial charge in [0.25, 0.3) is 0 Å². The van der Waals surface area contributed by atoms with Gasteiger partial charge < -0.3 is 14.2 Å². The van der Waals surface area contributed by atoms with Gasteiger partial charge in [-0.15, -0.1) is 0 Å². The van der Waals surface area contributed by atoms with E-state index in [0.29, 0.717) is 0 Å². The molecule has 3 heteroatoms. The maximum Gasteiger partial charge on any atom is 0.0966 e. The summed E-state index contributed by atoms with van der Waals surface area (Å²) in [7, 11) is 3.39. The molecule has 0 aliphatic heterocycles. The van der Waals surface area contributed by atoms with Crippen LogP contribution in [0.2, 0.25) is 0 Å². The smallest absolute Gasteiger partial charge is 0.0966 e. The van der Waals surface area contributed by atoms with Gasteiger partial charge in [-0.1, -0.05) is 0 Å². The highest BCUT2D eigenvalue weighted by Crippen LogP contribution is 2.06. The van der Waals surface area contributed by atoms with Crippen molar-refractivity contribution in [3.05, 3.63) is 23.7 Å². The fraction of sp³-hybridized carbons (Fsp3) is 0.667. The number of ether oxygens (including phenoxy) is 3. The molecule has 0 aromatic rings. The van der Waals surface area contributed by atoms with E-state index >= 15 is 0 Å². The largest absolute Gasteiger partial charge is 0.467 e. The zero-order valence-corrected chi connectivity index (χ0v) is 10.2. The third kappa shape index (κ3) is 9.50. The number of hydrogen-bond donors (Lipinski definition) is 0. The van der Waals surface area contributed by atoms with Gasteiger partial charge in [-0.25, -0.2) is 0 Å². The summed E-state index contributed by atoms with van der Waals surface area (Å²) in [5.41, 5.74) is 0. The lowest BCUT2D eigenvalue weighted by atomic mass is 10.3. The van der Waals surface area contributed by atoms with Crippen molar-refractivity contribution in [2.24, 2.45) is 0 Å². The highest BCUT2D eigenvalue weighted by Gasteiger charge is 1.92. The summed E-state index contributed by atoms with van der Waals surface area (Å²) in [6.45, 7) is 5.35. The Labute approximate surface area is 92.7 Å². The Morgan fingerprint density at radius 2 is 1.27 bits per heavy atom. The molecule has 0 rings (SSSR count). The lowest BCUT2D eigenvalue weighted by molar-refractivity contribution is 0.201. The van der Waals surface area contributed by atoms with E-state index in [-0.39, 0.29) is 0 Å². The SMILES string of the molecule is COCCC=C(C)OC(C)=CCCOC. The van der Waals surface area contributed by atoms with E-state index in [4.69, 9.17) is 14.2 Å². The van der Waals surface area contributed by atoms with E-state index in [2.05, 4.69) is 0 Å². The standard InChI is InChI=1S/C12H22O3/c1-11(7-5-9-13-3)15-12(2)8-6-10-14-4/h7-8H,5-6,9-10H2,1-4H3. The predicted molar refractivity (Wildman–Crippen MR) is 61.6 cm³/mol. The van der Waals surface area contributed by atoms with Gasteiger partial charge in [-0.2, -0.15) is 0 Å². The van der Waals surface area contributed by atoms with Crippen LogP contribution in [0, 0.1) is 0 Å². The van der Waals surface area contributed by atoms with Gasteiger partial charge in [0, 0.05) is 27.4 Å². The average molecular weight is 214 g/mol. The lowest BCUT2D eigenvalue weighted by Gasteiger charge is -2.06. The third-order valence-electron chi connectivity index (χ3n) is 1.83. The van der Waals surface area contributed by atoms with Crippen molar-refractivity contribution < 1.29 is 14.2 Å². The minimum atomic E-state index is 0.729. The summed E-state index contributed by atoms with van der Waals surface area (Å²) < 4.78 is 15.4. The topological polar surface area (TPSA) is 27.7 Å². The zero-order chi connectivity index (χ0) is 11.5. The van der Waals surface area contributed by atoms with Gasteiger partial charge in [-0.3, -0.25) is 0 Å². The molecular formula is C12H22O3. The molecule has 0 aromatic heterocycles. The van der Waals surface area contributed by atoms with Crippen LogP contribution >= 0.6 is 0 Å². The van der Waals surface area contributed by atoms with Gasteiger partial charge in [0.15, 0.2) is 0 Å². The molecule has 0 saturated heterocycles. The molecule has 0 atom stereocenters. The Morgan fingerprint density at radius 3 is 1.60 bits per heavy atom. The first kappa shape index (κ1) is 14.2. The fourth-order valence-corrected chi connectivity index (χ4v) is 1.10. The molecule has 0 spiro atoms. The molecule has 0 aromatic carbocycles. The van der Waals surface area contributed by atoms with E-state index < -0.39 is 0 Å². The molecule has 0 N–H and O–H groups in total. The molecule has 0 bridgehead atoms. The number of allylic oxidation sites excluding steroid dienone is 2. The van der Waals surface area contributed by atoms with Crippen molar-refractivity contribution >= 4 is 0 Å². The van der Waals surface area contributed by atoms with Crippen LogP contribution in [0.4, 0.5) is 0 Å². The zero-order valence-electron chi connectivity index (χ0n) is 10.2. The first-order chi connectivity index (χ1) is 7.20. The average Bonchev–Trinajstić information content (AvgIpc) is 2.18. The molecule has 0 amide bonds. The van der Waals surface area contributed by atoms with Crippen LogP contribution in [0.15, 0.2) is 23.7 Å². The molecule has 0 heterocycles. The summed E-state index contributed by atoms with van der Waals surface area (Å²) in [5.74, 6) is 1.83. The Kier molecular flexibility index (Phi) is 9.22. The van der Waals surface area contributed by atoms with Gasteiger partial charge in [0.1, 0.15) is 0 Å². The lowest BCUT2D eigenvalue weighted by Crippen LogP contribution is -1.91. The summed E-state index contributed by atoms with van der Waals surface area (Å²) in [4.78, 5) is 0. The molecule has 0 fully saturated rings. The van der Waals surface area contributed by atoms with Crippen molar-refractivity contribution in [1.29, 1.82) is 0 Å². The van der Waals surface area contributed by atoms with E-state index in [1.165, 1.54) is 0 Å². The molecule has 88 valence electrons. The van der Waals surface area contributed by atoms with Crippen LogP contribution in [0.5, 0.6) is 0 Å². The van der Waals surface area contributed by atoms with Gasteiger partial charge in [0.2, 0.25) is 0 Å². The fourth-order valence-electron chi connectivity index (χ4n) is 1.10. The summed E-state index contributed by atoms with van der Waals surface area (Å²) in [6, 6.07) is 0. The predicted octanol–water partition coefficient (Wildman–Crippen LogP) is 2.88. The normalized spacial score (nSPS) is 13.1. The van der Waals surface area contributed by atoms with Crippen LogP contribution in [0.3, 0.4) is 0 Å². The van der Waals surface area contributed by atoms with E-state index in [1.807, 2.05) is 26.0 Å². The van der Waals surface area contributed by atoms with E-state index in [9.17, 15) is 0 Å². The molecule has 0 radical (unpaired) electrons. The summed E-state index contributed by atoms with van der Waals surface area (Å²) in [6.07, 6.45) is 5.82. The van der Waals surface area contributed by atoms with Gasteiger partial charge in [0.05, 0.1) is 11.5 Å². The molecule has 3 nitrogen and oxygen atoms in total. The summed E-state index contributed by atoms with van der Waals surface area (Å²) >= 11 is 0. The van der Waals surface area contributed by atoms with Crippen LogP contribution in [-0.2, 0) is 14.2 Å². The Morgan fingerprint density at radius 1 is 0.867 bits per heavy atom. The highest BCUT2D eigenvalue weighted by atomic mass is 16.5. The van der Waals surface area contributed by atoms with Crippen molar-refractivity contribution in [3.8, 4) is 0 Å². The maximum absolute atomic E-state index is 5.55. The Hall–Kier alpha value is -0.800. The van der Waals surface area contributed by atoms with E-state index in [0.717, 1.165) is 37.6 Å². The molecule has 0 unspecified atom stereocenters. The third-order valence-corrected chi connectivity index (χ3v) is 1.83. The molecular weight excluding hydrogens is 192 g/mol. The number of rotatable bonds is 8. The van der Waals surface area contributed by atoms with Crippen molar-refractivity contribution in [2.45, 2.75) is 26.7 Å². The van der Waals surface area contributed by atoms with Gasteiger partial charge in [-0.05, 0) is 38.8 Å². The van der Waals surface area contributed by atoms with Crippen molar-refractivity contribution in [2.75, 3.05) is 27.4 Å². The molecule has 0 aliphatic carbocycles. The Bertz CT molecular complexity index is 185. The second kappa shape index (κ2) is 9.74. The Balaban J connectivity index is 3.78. The molecule has 15 heavy (non-hydrogen) atoms. The van der Waals surface area contributed by atoms with Crippen molar-refractivity contribution in [1.82, 2.24) is 0 Å². The molecule has 0 saturated carbocycles. The maximum atomic E-state index is 5.55. The first-order valence-electron chi connectivity index (χ1n) is 5.20. The first-order valence-corrected chi connectivity index (χ1v) is 5.20. The number of methoxy groups -OCH3 is 2.